The van der Waals surface area contributed by atoms with Crippen molar-refractivity contribution in [1.82, 2.24) is 4.98 Å². The maximum absolute atomic E-state index is 12.2. The van der Waals surface area contributed by atoms with E-state index in [2.05, 4.69) is 15.3 Å². The number of amides is 3. The number of aromatic amines is 1. The first kappa shape index (κ1) is 13.1. The number of primary amides is 1. The summed E-state index contributed by atoms with van der Waals surface area (Å²) in [6.45, 7) is 1.94. The van der Waals surface area contributed by atoms with Gasteiger partial charge in [-0.15, -0.1) is 0 Å². The fraction of sp³-hybridized carbons (Fsp3) is 0.133. The topological polar surface area (TPSA) is 100 Å². The van der Waals surface area contributed by atoms with Gasteiger partial charge in [-0.3, -0.25) is 4.79 Å². The third-order valence-corrected chi connectivity index (χ3v) is 3.53. The molecule has 4 N–H and O–H groups in total. The highest BCUT2D eigenvalue weighted by molar-refractivity contribution is 6.17. The van der Waals surface area contributed by atoms with E-state index in [-0.39, 0.29) is 11.8 Å². The first-order valence-corrected chi connectivity index (χ1v) is 6.53. The van der Waals surface area contributed by atoms with Crippen LogP contribution in [0.4, 0.5) is 10.5 Å². The third kappa shape index (κ3) is 2.31. The molecular weight excluding hydrogens is 268 g/mol. The van der Waals surface area contributed by atoms with E-state index in [1.807, 2.05) is 25.3 Å². The van der Waals surface area contributed by atoms with Gasteiger partial charge in [-0.05, 0) is 30.3 Å². The molecule has 1 aromatic heterocycles. The molecule has 2 aromatic rings. The maximum atomic E-state index is 12.2. The predicted octanol–water partition coefficient (Wildman–Crippen LogP) is 0.619. The minimum atomic E-state index is -0.643. The summed E-state index contributed by atoms with van der Waals surface area (Å²) >= 11 is 0. The van der Waals surface area contributed by atoms with Gasteiger partial charge in [0.05, 0.1) is 5.36 Å². The number of H-pyrrole nitrogens is 1. The Labute approximate surface area is 120 Å². The summed E-state index contributed by atoms with van der Waals surface area (Å²) < 4.78 is 0. The quantitative estimate of drug-likeness (QED) is 0.768. The van der Waals surface area contributed by atoms with Crippen LogP contribution in [0.5, 0.6) is 0 Å². The summed E-state index contributed by atoms with van der Waals surface area (Å²) in [5.74, 6) is -0.357. The normalized spacial score (nSPS) is 14.5. The summed E-state index contributed by atoms with van der Waals surface area (Å²) in [6.07, 6.45) is 1.81. The third-order valence-electron chi connectivity index (χ3n) is 3.53. The molecule has 0 fully saturated rings. The fourth-order valence-electron chi connectivity index (χ4n) is 2.54. The lowest BCUT2D eigenvalue weighted by atomic mass is 9.96. The molecule has 106 valence electrons. The van der Waals surface area contributed by atoms with Gasteiger partial charge in [0, 0.05) is 34.3 Å². The van der Waals surface area contributed by atoms with Crippen LogP contribution < -0.4 is 21.6 Å². The molecule has 0 aliphatic carbocycles. The Kier molecular flexibility index (Phi) is 3.06. The lowest BCUT2D eigenvalue weighted by Gasteiger charge is -2.09. The zero-order valence-electron chi connectivity index (χ0n) is 11.4. The number of urea groups is 1. The molecule has 3 rings (SSSR count). The van der Waals surface area contributed by atoms with Crippen molar-refractivity contribution in [2.75, 3.05) is 5.32 Å². The van der Waals surface area contributed by atoms with E-state index in [0.717, 1.165) is 10.9 Å². The van der Waals surface area contributed by atoms with Crippen LogP contribution in [-0.4, -0.2) is 16.9 Å². The van der Waals surface area contributed by atoms with Crippen molar-refractivity contribution in [3.63, 3.8) is 0 Å². The van der Waals surface area contributed by atoms with E-state index in [9.17, 15) is 9.59 Å². The minimum absolute atomic E-state index is 0.110. The van der Waals surface area contributed by atoms with E-state index >= 15 is 0 Å². The molecule has 1 aliphatic heterocycles. The number of fused-ring (bicyclic) bond motifs is 1. The van der Waals surface area contributed by atoms with E-state index in [1.165, 1.54) is 0 Å². The van der Waals surface area contributed by atoms with E-state index in [0.29, 0.717) is 16.6 Å². The Morgan fingerprint density at radius 2 is 2.19 bits per heavy atom. The number of nitrogens with one attached hydrogen (secondary N) is 2. The minimum Gasteiger partial charge on any atom is -0.364 e. The zero-order valence-corrected chi connectivity index (χ0v) is 11.4. The van der Waals surface area contributed by atoms with Crippen LogP contribution in [0.25, 0.3) is 5.57 Å². The number of rotatable bonds is 3. The Morgan fingerprint density at radius 1 is 1.38 bits per heavy atom. The van der Waals surface area contributed by atoms with Crippen LogP contribution in [0, 0.1) is 0 Å². The SMILES string of the molecule is CC(C1=c2cc(NC(N)=O)ccc2=NC1=O)c1ccc[nH]1. The molecule has 6 nitrogen and oxygen atoms in total. The monoisotopic (exact) mass is 282 g/mol. The second kappa shape index (κ2) is 4.90. The Bertz CT molecular complexity index is 837. The van der Waals surface area contributed by atoms with Crippen molar-refractivity contribution in [3.8, 4) is 0 Å². The molecule has 0 bridgehead atoms. The number of carbonyl (C=O) groups is 2. The number of aromatic nitrogens is 1. The number of hydrogen-bond acceptors (Lipinski definition) is 2. The molecule has 0 spiro atoms. The number of hydrogen-bond donors (Lipinski definition) is 3. The van der Waals surface area contributed by atoms with Gasteiger partial charge >= 0.3 is 6.03 Å². The fourth-order valence-corrected chi connectivity index (χ4v) is 2.54. The molecular formula is C15H14N4O2. The molecule has 1 atom stereocenters. The molecule has 3 amide bonds. The second-order valence-electron chi connectivity index (χ2n) is 4.90. The van der Waals surface area contributed by atoms with Gasteiger partial charge in [-0.1, -0.05) is 6.92 Å². The Morgan fingerprint density at radius 3 is 2.86 bits per heavy atom. The van der Waals surface area contributed by atoms with Gasteiger partial charge in [0.1, 0.15) is 0 Å². The summed E-state index contributed by atoms with van der Waals surface area (Å²) in [7, 11) is 0. The average molecular weight is 282 g/mol. The summed E-state index contributed by atoms with van der Waals surface area (Å²) in [5, 5.41) is 3.85. The standard InChI is InChI=1S/C15H14N4O2/c1-8(11-3-2-6-17-11)13-10-7-9(18-15(16)21)4-5-12(10)19-14(13)20/h2-8,17H,1H3,(H3,16,18,21). The van der Waals surface area contributed by atoms with Crippen molar-refractivity contribution < 1.29 is 9.59 Å². The van der Waals surface area contributed by atoms with Gasteiger partial charge < -0.3 is 16.0 Å². The molecule has 0 saturated heterocycles. The highest BCUT2D eigenvalue weighted by Gasteiger charge is 2.24. The van der Waals surface area contributed by atoms with E-state index in [4.69, 9.17) is 5.73 Å². The van der Waals surface area contributed by atoms with Crippen molar-refractivity contribution >= 4 is 23.2 Å². The largest absolute Gasteiger partial charge is 0.364 e. The number of nitrogens with zero attached hydrogens (tertiary/aromatic N) is 1. The molecule has 1 aliphatic rings. The number of nitrogens with two attached hydrogens (primary N) is 1. The number of benzene rings is 1. The Balaban J connectivity index is 2.16. The molecule has 2 heterocycles. The molecule has 1 unspecified atom stereocenters. The van der Waals surface area contributed by atoms with E-state index < -0.39 is 6.03 Å². The smallest absolute Gasteiger partial charge is 0.316 e. The van der Waals surface area contributed by atoms with Gasteiger partial charge in [-0.25, -0.2) is 9.79 Å². The van der Waals surface area contributed by atoms with Crippen LogP contribution in [0.15, 0.2) is 41.5 Å². The molecule has 1 aromatic carbocycles. The lowest BCUT2D eigenvalue weighted by Crippen LogP contribution is -2.27. The molecule has 21 heavy (non-hydrogen) atoms. The predicted molar refractivity (Wildman–Crippen MR) is 78.1 cm³/mol. The first-order chi connectivity index (χ1) is 10.1. The molecule has 0 saturated carbocycles. The van der Waals surface area contributed by atoms with E-state index in [1.54, 1.807) is 18.2 Å². The van der Waals surface area contributed by atoms with Gasteiger partial charge in [-0.2, -0.15) is 0 Å². The second-order valence-corrected chi connectivity index (χ2v) is 4.90. The van der Waals surface area contributed by atoms with Crippen LogP contribution in [0.2, 0.25) is 0 Å². The first-order valence-electron chi connectivity index (χ1n) is 6.53. The van der Waals surface area contributed by atoms with Crippen LogP contribution in [0.3, 0.4) is 0 Å². The summed E-state index contributed by atoms with van der Waals surface area (Å²) in [4.78, 5) is 30.3. The highest BCUT2D eigenvalue weighted by Crippen LogP contribution is 2.24. The van der Waals surface area contributed by atoms with Gasteiger partial charge in [0.25, 0.3) is 5.91 Å². The number of carbonyl (C=O) groups excluding carboxylic acids is 2. The van der Waals surface area contributed by atoms with Gasteiger partial charge in [0.15, 0.2) is 0 Å². The van der Waals surface area contributed by atoms with Gasteiger partial charge in [0.2, 0.25) is 0 Å². The summed E-state index contributed by atoms with van der Waals surface area (Å²) in [6, 6.07) is 8.26. The van der Waals surface area contributed by atoms with Crippen molar-refractivity contribution in [2.24, 2.45) is 10.7 Å². The van der Waals surface area contributed by atoms with Crippen molar-refractivity contribution in [2.45, 2.75) is 12.8 Å². The van der Waals surface area contributed by atoms with Crippen LogP contribution in [-0.2, 0) is 4.79 Å². The van der Waals surface area contributed by atoms with Crippen LogP contribution in [0.1, 0.15) is 18.5 Å². The average Bonchev–Trinajstić information content (AvgIpc) is 3.04. The molecule has 0 radical (unpaired) electrons. The van der Waals surface area contributed by atoms with Crippen LogP contribution >= 0.6 is 0 Å². The number of anilines is 1. The lowest BCUT2D eigenvalue weighted by molar-refractivity contribution is -0.112. The molecule has 6 heteroatoms. The maximum Gasteiger partial charge on any atom is 0.316 e. The van der Waals surface area contributed by atoms with Crippen molar-refractivity contribution in [1.29, 1.82) is 0 Å². The highest BCUT2D eigenvalue weighted by atomic mass is 16.2. The zero-order chi connectivity index (χ0) is 15.0. The summed E-state index contributed by atoms with van der Waals surface area (Å²) in [5.41, 5.74) is 7.21. The van der Waals surface area contributed by atoms with Crippen molar-refractivity contribution in [3.05, 3.63) is 52.8 Å². The Hall–Kier alpha value is -2.89.